The van der Waals surface area contributed by atoms with E-state index in [4.69, 9.17) is 5.26 Å². The van der Waals surface area contributed by atoms with Crippen LogP contribution in [0.5, 0.6) is 0 Å². The van der Waals surface area contributed by atoms with Crippen LogP contribution in [0.25, 0.3) is 0 Å². The lowest BCUT2D eigenvalue weighted by Gasteiger charge is -2.16. The van der Waals surface area contributed by atoms with Crippen molar-refractivity contribution >= 4 is 18.1 Å². The molecule has 2 rings (SSSR count). The molecule has 0 heterocycles. The Bertz CT molecular complexity index is 573. The molecule has 19 heavy (non-hydrogen) atoms. The van der Waals surface area contributed by atoms with E-state index >= 15 is 0 Å². The molecule has 0 aliphatic rings. The summed E-state index contributed by atoms with van der Waals surface area (Å²) in [4.78, 5) is 0. The van der Waals surface area contributed by atoms with Gasteiger partial charge in [-0.05, 0) is 43.2 Å². The summed E-state index contributed by atoms with van der Waals surface area (Å²) in [5.74, 6) is 0. The van der Waals surface area contributed by atoms with Gasteiger partial charge in [0.25, 0.3) is 0 Å². The summed E-state index contributed by atoms with van der Waals surface area (Å²) in [5.41, 5.74) is 4.03. The smallest absolute Gasteiger partial charge is 0.0994 e. The zero-order valence-corrected chi connectivity index (χ0v) is 11.9. The molecule has 2 aromatic carbocycles. The second-order valence-electron chi connectivity index (χ2n) is 4.42. The van der Waals surface area contributed by atoms with Crippen molar-refractivity contribution in [3.63, 3.8) is 0 Å². The molecule has 0 saturated carbocycles. The topological polar surface area (TPSA) is 35.8 Å². The van der Waals surface area contributed by atoms with Crippen LogP contribution in [0.1, 0.15) is 29.7 Å². The van der Waals surface area contributed by atoms with E-state index in [9.17, 15) is 0 Å². The van der Waals surface area contributed by atoms with Crippen molar-refractivity contribution in [2.45, 2.75) is 19.9 Å². The normalized spacial score (nSPS) is 11.0. The average molecular weight is 273 g/mol. The van der Waals surface area contributed by atoms with Crippen molar-refractivity contribution in [1.82, 2.24) is 0 Å². The first-order valence-electron chi connectivity index (χ1n) is 6.03. The fourth-order valence-electron chi connectivity index (χ4n) is 1.95. The molecule has 0 radical (unpaired) electrons. The van der Waals surface area contributed by atoms with Crippen LogP contribution in [0, 0.1) is 18.3 Å². The standard InChI is InChI=1S/C16H16N2.ClH/c1-12-10-16(9-8-15(12)11-17)18-13(2)14-6-4-3-5-7-14;/h3-10,13,18H,1-2H3;1H. The first-order valence-corrected chi connectivity index (χ1v) is 6.03. The van der Waals surface area contributed by atoms with Crippen LogP contribution in [0.2, 0.25) is 0 Å². The van der Waals surface area contributed by atoms with E-state index < -0.39 is 0 Å². The fourth-order valence-corrected chi connectivity index (χ4v) is 1.95. The quantitative estimate of drug-likeness (QED) is 0.895. The van der Waals surface area contributed by atoms with Crippen LogP contribution in [0.3, 0.4) is 0 Å². The molecule has 2 nitrogen and oxygen atoms in total. The number of hydrogen-bond donors (Lipinski definition) is 1. The highest BCUT2D eigenvalue weighted by Gasteiger charge is 2.05. The maximum Gasteiger partial charge on any atom is 0.0994 e. The van der Waals surface area contributed by atoms with Crippen molar-refractivity contribution in [1.29, 1.82) is 5.26 Å². The zero-order valence-electron chi connectivity index (χ0n) is 11.1. The minimum Gasteiger partial charge on any atom is -0.379 e. The summed E-state index contributed by atoms with van der Waals surface area (Å²) in [7, 11) is 0. The Morgan fingerprint density at radius 3 is 2.37 bits per heavy atom. The lowest BCUT2D eigenvalue weighted by atomic mass is 10.1. The van der Waals surface area contributed by atoms with Gasteiger partial charge in [-0.1, -0.05) is 30.3 Å². The van der Waals surface area contributed by atoms with Crippen molar-refractivity contribution < 1.29 is 0 Å². The molecule has 3 heteroatoms. The fraction of sp³-hybridized carbons (Fsp3) is 0.188. The zero-order chi connectivity index (χ0) is 13.0. The molecule has 1 unspecified atom stereocenters. The maximum absolute atomic E-state index is 8.90. The number of benzene rings is 2. The van der Waals surface area contributed by atoms with E-state index in [-0.39, 0.29) is 18.4 Å². The minimum absolute atomic E-state index is 0. The highest BCUT2D eigenvalue weighted by atomic mass is 35.5. The summed E-state index contributed by atoms with van der Waals surface area (Å²) in [6.45, 7) is 4.08. The van der Waals surface area contributed by atoms with Gasteiger partial charge in [0.15, 0.2) is 0 Å². The summed E-state index contributed by atoms with van der Waals surface area (Å²) < 4.78 is 0. The molecule has 98 valence electrons. The van der Waals surface area contributed by atoms with Crippen LogP contribution in [0.15, 0.2) is 48.5 Å². The van der Waals surface area contributed by atoms with Gasteiger partial charge in [0.2, 0.25) is 0 Å². The second kappa shape index (κ2) is 6.82. The van der Waals surface area contributed by atoms with E-state index in [1.165, 1.54) is 5.56 Å². The monoisotopic (exact) mass is 272 g/mol. The molecule has 0 fully saturated rings. The predicted octanol–water partition coefficient (Wildman–Crippen LogP) is 4.46. The Labute approximate surface area is 120 Å². The van der Waals surface area contributed by atoms with Gasteiger partial charge < -0.3 is 5.32 Å². The molecule has 2 aromatic rings. The van der Waals surface area contributed by atoms with Gasteiger partial charge in [0, 0.05) is 11.7 Å². The number of hydrogen-bond acceptors (Lipinski definition) is 2. The van der Waals surface area contributed by atoms with E-state index in [2.05, 4.69) is 30.4 Å². The number of nitrogens with zero attached hydrogens (tertiary/aromatic N) is 1. The summed E-state index contributed by atoms with van der Waals surface area (Å²) in [5, 5.41) is 12.3. The Morgan fingerprint density at radius 2 is 1.79 bits per heavy atom. The summed E-state index contributed by atoms with van der Waals surface area (Å²) in [6, 6.07) is 18.6. The van der Waals surface area contributed by atoms with Gasteiger partial charge in [-0.3, -0.25) is 0 Å². The Balaban J connectivity index is 0.00000180. The van der Waals surface area contributed by atoms with Gasteiger partial charge in [0.1, 0.15) is 0 Å². The third-order valence-electron chi connectivity index (χ3n) is 3.03. The van der Waals surface area contributed by atoms with E-state index in [0.29, 0.717) is 0 Å². The Hall–Kier alpha value is -1.98. The van der Waals surface area contributed by atoms with Gasteiger partial charge in [-0.2, -0.15) is 5.26 Å². The molecule has 1 N–H and O–H groups in total. The first kappa shape index (κ1) is 15.1. The minimum atomic E-state index is 0. The van der Waals surface area contributed by atoms with Crippen molar-refractivity contribution in [3.05, 3.63) is 65.2 Å². The van der Waals surface area contributed by atoms with E-state index in [1.54, 1.807) is 0 Å². The van der Waals surface area contributed by atoms with Gasteiger partial charge >= 0.3 is 0 Å². The number of halogens is 1. The van der Waals surface area contributed by atoms with Crippen LogP contribution in [0.4, 0.5) is 5.69 Å². The van der Waals surface area contributed by atoms with Crippen molar-refractivity contribution in [2.75, 3.05) is 5.32 Å². The van der Waals surface area contributed by atoms with Crippen LogP contribution in [-0.2, 0) is 0 Å². The van der Waals surface area contributed by atoms with Gasteiger partial charge in [0.05, 0.1) is 11.6 Å². The van der Waals surface area contributed by atoms with Crippen LogP contribution < -0.4 is 5.32 Å². The average Bonchev–Trinajstić information content (AvgIpc) is 2.40. The molecular weight excluding hydrogens is 256 g/mol. The lowest BCUT2D eigenvalue weighted by molar-refractivity contribution is 0.884. The third-order valence-corrected chi connectivity index (χ3v) is 3.03. The number of nitrogens with one attached hydrogen (secondary N) is 1. The largest absolute Gasteiger partial charge is 0.379 e. The molecule has 0 bridgehead atoms. The predicted molar refractivity (Wildman–Crippen MR) is 81.6 cm³/mol. The maximum atomic E-state index is 8.90. The molecule has 0 aliphatic carbocycles. The summed E-state index contributed by atoms with van der Waals surface area (Å²) in [6.07, 6.45) is 0. The number of aryl methyl sites for hydroxylation is 1. The first-order chi connectivity index (χ1) is 8.70. The Kier molecular flexibility index (Phi) is 5.41. The SMILES string of the molecule is Cc1cc(NC(C)c2ccccc2)ccc1C#N.Cl. The number of anilines is 1. The molecule has 0 saturated heterocycles. The molecule has 1 atom stereocenters. The van der Waals surface area contributed by atoms with Gasteiger partial charge in [-0.15, -0.1) is 12.4 Å². The number of rotatable bonds is 3. The van der Waals surface area contributed by atoms with Crippen molar-refractivity contribution in [2.24, 2.45) is 0 Å². The molecule has 0 spiro atoms. The van der Waals surface area contributed by atoms with Crippen LogP contribution in [-0.4, -0.2) is 0 Å². The van der Waals surface area contributed by atoms with E-state index in [1.807, 2.05) is 43.3 Å². The summed E-state index contributed by atoms with van der Waals surface area (Å²) >= 11 is 0. The highest BCUT2D eigenvalue weighted by Crippen LogP contribution is 2.21. The molecule has 0 aromatic heterocycles. The lowest BCUT2D eigenvalue weighted by Crippen LogP contribution is -2.06. The third kappa shape index (κ3) is 3.74. The van der Waals surface area contributed by atoms with Gasteiger partial charge in [-0.25, -0.2) is 0 Å². The van der Waals surface area contributed by atoms with Crippen molar-refractivity contribution in [3.8, 4) is 6.07 Å². The van der Waals surface area contributed by atoms with E-state index in [0.717, 1.165) is 16.8 Å². The van der Waals surface area contributed by atoms with Crippen LogP contribution >= 0.6 is 12.4 Å². The molecular formula is C16H17ClN2. The highest BCUT2D eigenvalue weighted by molar-refractivity contribution is 5.85. The Morgan fingerprint density at radius 1 is 1.11 bits per heavy atom. The molecule has 0 aliphatic heterocycles. The second-order valence-corrected chi connectivity index (χ2v) is 4.42. The number of nitriles is 1. The molecule has 0 amide bonds.